The minimum atomic E-state index is -0.561. The molecule has 0 bridgehead atoms. The molecule has 1 unspecified atom stereocenters. The van der Waals surface area contributed by atoms with Gasteiger partial charge in [0.15, 0.2) is 0 Å². The molecule has 1 amide bonds. The van der Waals surface area contributed by atoms with Crippen molar-refractivity contribution in [2.45, 2.75) is 18.9 Å². The largest absolute Gasteiger partial charge is 0.354 e. The second-order valence-electron chi connectivity index (χ2n) is 3.92. The zero-order valence-electron chi connectivity index (χ0n) is 9.93. The summed E-state index contributed by atoms with van der Waals surface area (Å²) in [6, 6.07) is 3.20. The number of aromatic amines is 1. The van der Waals surface area contributed by atoms with Gasteiger partial charge in [0, 0.05) is 30.2 Å². The highest BCUT2D eigenvalue weighted by Crippen LogP contribution is 2.16. The first-order valence-corrected chi connectivity index (χ1v) is 6.70. The number of amides is 1. The van der Waals surface area contributed by atoms with Gasteiger partial charge in [0.05, 0.1) is 0 Å². The first-order chi connectivity index (χ1) is 8.77. The fourth-order valence-electron chi connectivity index (χ4n) is 1.61. The second-order valence-corrected chi connectivity index (χ2v) is 4.90. The van der Waals surface area contributed by atoms with Gasteiger partial charge in [0.1, 0.15) is 11.9 Å². The summed E-state index contributed by atoms with van der Waals surface area (Å²) in [5.74, 6) is 0.809. The molecule has 0 aliphatic rings. The van der Waals surface area contributed by atoms with Crippen molar-refractivity contribution in [2.75, 3.05) is 6.54 Å². The van der Waals surface area contributed by atoms with Gasteiger partial charge in [-0.1, -0.05) is 6.07 Å². The fraction of sp³-hybridized carbons (Fsp3) is 0.333. The highest BCUT2D eigenvalue weighted by atomic mass is 32.1. The summed E-state index contributed by atoms with van der Waals surface area (Å²) >= 11 is 1.50. The summed E-state index contributed by atoms with van der Waals surface area (Å²) in [6.07, 6.45) is 5.18. The van der Waals surface area contributed by atoms with E-state index in [2.05, 4.69) is 15.3 Å². The molecule has 0 aromatic carbocycles. The lowest BCUT2D eigenvalue weighted by molar-refractivity contribution is -0.122. The summed E-state index contributed by atoms with van der Waals surface area (Å²) in [7, 11) is 0. The van der Waals surface area contributed by atoms with Gasteiger partial charge in [0.2, 0.25) is 5.91 Å². The van der Waals surface area contributed by atoms with E-state index in [0.717, 1.165) is 23.5 Å². The Balaban J connectivity index is 1.69. The molecular formula is C12H16N4OS. The summed E-state index contributed by atoms with van der Waals surface area (Å²) in [4.78, 5) is 19.8. The Kier molecular flexibility index (Phi) is 4.49. The van der Waals surface area contributed by atoms with Gasteiger partial charge >= 0.3 is 0 Å². The van der Waals surface area contributed by atoms with Gasteiger partial charge in [-0.25, -0.2) is 4.98 Å². The predicted molar refractivity (Wildman–Crippen MR) is 71.2 cm³/mol. The van der Waals surface area contributed by atoms with Crippen molar-refractivity contribution in [2.24, 2.45) is 5.73 Å². The number of aromatic nitrogens is 2. The molecule has 2 aromatic heterocycles. The molecule has 4 N–H and O–H groups in total. The van der Waals surface area contributed by atoms with E-state index in [4.69, 9.17) is 5.73 Å². The summed E-state index contributed by atoms with van der Waals surface area (Å²) < 4.78 is 0. The van der Waals surface area contributed by atoms with Gasteiger partial charge in [-0.05, 0) is 17.9 Å². The standard InChI is InChI=1S/C12H16N4OS/c13-11(9-3-2-8-18-9)12(17)16-5-1-4-10-14-6-7-15-10/h2-3,6-8,11H,1,4-5,13H2,(H,14,15)(H,16,17). The fourth-order valence-corrected chi connectivity index (χ4v) is 2.33. The van der Waals surface area contributed by atoms with Crippen LogP contribution in [0.4, 0.5) is 0 Å². The molecule has 0 spiro atoms. The Bertz CT molecular complexity index is 466. The molecule has 96 valence electrons. The number of nitrogens with two attached hydrogens (primary N) is 1. The lowest BCUT2D eigenvalue weighted by Crippen LogP contribution is -2.34. The molecule has 2 rings (SSSR count). The van der Waals surface area contributed by atoms with Crippen LogP contribution >= 0.6 is 11.3 Å². The van der Waals surface area contributed by atoms with E-state index in [9.17, 15) is 4.79 Å². The maximum absolute atomic E-state index is 11.7. The van der Waals surface area contributed by atoms with Crippen LogP contribution in [0.25, 0.3) is 0 Å². The number of rotatable bonds is 6. The van der Waals surface area contributed by atoms with Crippen molar-refractivity contribution in [3.63, 3.8) is 0 Å². The number of imidazole rings is 1. The molecule has 6 heteroatoms. The number of carbonyl (C=O) groups excluding carboxylic acids is 1. The van der Waals surface area contributed by atoms with Gasteiger partial charge < -0.3 is 16.0 Å². The predicted octanol–water partition coefficient (Wildman–Crippen LogP) is 1.22. The summed E-state index contributed by atoms with van der Waals surface area (Å²) in [6.45, 7) is 0.610. The first kappa shape index (κ1) is 12.8. The quantitative estimate of drug-likeness (QED) is 0.686. The maximum atomic E-state index is 11.7. The van der Waals surface area contributed by atoms with Crippen LogP contribution in [-0.4, -0.2) is 22.4 Å². The molecule has 0 aliphatic heterocycles. The lowest BCUT2D eigenvalue weighted by atomic mass is 10.2. The van der Waals surface area contributed by atoms with E-state index in [1.807, 2.05) is 17.5 Å². The number of carbonyl (C=O) groups is 1. The highest BCUT2D eigenvalue weighted by molar-refractivity contribution is 7.10. The monoisotopic (exact) mass is 264 g/mol. The van der Waals surface area contributed by atoms with E-state index in [0.29, 0.717) is 6.54 Å². The van der Waals surface area contributed by atoms with Crippen LogP contribution in [0.2, 0.25) is 0 Å². The molecule has 0 fully saturated rings. The Morgan fingerprint density at radius 2 is 2.50 bits per heavy atom. The number of nitrogens with zero attached hydrogens (tertiary/aromatic N) is 1. The topological polar surface area (TPSA) is 83.8 Å². The Morgan fingerprint density at radius 3 is 3.17 bits per heavy atom. The Morgan fingerprint density at radius 1 is 1.61 bits per heavy atom. The smallest absolute Gasteiger partial charge is 0.242 e. The van der Waals surface area contributed by atoms with Crippen LogP contribution < -0.4 is 11.1 Å². The van der Waals surface area contributed by atoms with Crippen LogP contribution in [0.5, 0.6) is 0 Å². The van der Waals surface area contributed by atoms with Crippen molar-refractivity contribution in [3.05, 3.63) is 40.6 Å². The number of hydrogen-bond acceptors (Lipinski definition) is 4. The third kappa shape index (κ3) is 3.41. The number of nitrogens with one attached hydrogen (secondary N) is 2. The van der Waals surface area contributed by atoms with Crippen molar-refractivity contribution < 1.29 is 4.79 Å². The third-order valence-corrected chi connectivity index (χ3v) is 3.53. The average Bonchev–Trinajstić information content (AvgIpc) is 3.05. The molecular weight excluding hydrogens is 248 g/mol. The molecule has 0 saturated heterocycles. The van der Waals surface area contributed by atoms with E-state index < -0.39 is 6.04 Å². The average molecular weight is 264 g/mol. The lowest BCUT2D eigenvalue weighted by Gasteiger charge is -2.10. The van der Waals surface area contributed by atoms with E-state index in [-0.39, 0.29) is 5.91 Å². The second kappa shape index (κ2) is 6.32. The molecule has 2 heterocycles. The van der Waals surface area contributed by atoms with Gasteiger partial charge in [-0.15, -0.1) is 11.3 Å². The van der Waals surface area contributed by atoms with Crippen molar-refractivity contribution >= 4 is 17.2 Å². The van der Waals surface area contributed by atoms with Crippen LogP contribution in [0.1, 0.15) is 23.2 Å². The normalized spacial score (nSPS) is 12.3. The first-order valence-electron chi connectivity index (χ1n) is 5.82. The summed E-state index contributed by atoms with van der Waals surface area (Å²) in [5, 5.41) is 4.75. The Hall–Kier alpha value is -1.66. The summed E-state index contributed by atoms with van der Waals surface area (Å²) in [5.41, 5.74) is 5.84. The maximum Gasteiger partial charge on any atom is 0.242 e. The van der Waals surface area contributed by atoms with Crippen molar-refractivity contribution in [1.82, 2.24) is 15.3 Å². The number of thiophene rings is 1. The molecule has 0 saturated carbocycles. The number of hydrogen-bond donors (Lipinski definition) is 3. The van der Waals surface area contributed by atoms with E-state index >= 15 is 0 Å². The SMILES string of the molecule is NC(C(=O)NCCCc1ncc[nH]1)c1cccs1. The van der Waals surface area contributed by atoms with Crippen LogP contribution in [-0.2, 0) is 11.2 Å². The van der Waals surface area contributed by atoms with Crippen molar-refractivity contribution in [1.29, 1.82) is 0 Å². The van der Waals surface area contributed by atoms with Crippen LogP contribution in [0.3, 0.4) is 0 Å². The molecule has 1 atom stereocenters. The molecule has 18 heavy (non-hydrogen) atoms. The van der Waals surface area contributed by atoms with E-state index in [1.54, 1.807) is 12.4 Å². The van der Waals surface area contributed by atoms with Crippen LogP contribution in [0, 0.1) is 0 Å². The molecule has 5 nitrogen and oxygen atoms in total. The minimum absolute atomic E-state index is 0.128. The number of aryl methyl sites for hydroxylation is 1. The van der Waals surface area contributed by atoms with Gasteiger partial charge in [-0.2, -0.15) is 0 Å². The van der Waals surface area contributed by atoms with Gasteiger partial charge in [-0.3, -0.25) is 4.79 Å². The molecule has 0 aliphatic carbocycles. The molecule has 0 radical (unpaired) electrons. The number of H-pyrrole nitrogens is 1. The van der Waals surface area contributed by atoms with Gasteiger partial charge in [0.25, 0.3) is 0 Å². The van der Waals surface area contributed by atoms with E-state index in [1.165, 1.54) is 11.3 Å². The van der Waals surface area contributed by atoms with Crippen LogP contribution in [0.15, 0.2) is 29.9 Å². The zero-order chi connectivity index (χ0) is 12.8. The highest BCUT2D eigenvalue weighted by Gasteiger charge is 2.15. The molecule has 2 aromatic rings. The minimum Gasteiger partial charge on any atom is -0.354 e. The third-order valence-electron chi connectivity index (χ3n) is 2.58. The zero-order valence-corrected chi connectivity index (χ0v) is 10.7. The van der Waals surface area contributed by atoms with Crippen molar-refractivity contribution in [3.8, 4) is 0 Å². The Labute approximate surface area is 109 Å².